The molecule has 2 rings (SSSR count). The molecule has 0 saturated heterocycles. The molecule has 0 radical (unpaired) electrons. The largest absolute Gasteiger partial charge is 0.490 e. The van der Waals surface area contributed by atoms with Crippen molar-refractivity contribution in [3.05, 3.63) is 40.3 Å². The lowest BCUT2D eigenvalue weighted by Gasteiger charge is -2.10. The molecule has 1 aromatic carbocycles. The van der Waals surface area contributed by atoms with Crippen LogP contribution in [0.3, 0.4) is 0 Å². The molecule has 4 heteroatoms. The highest BCUT2D eigenvalue weighted by molar-refractivity contribution is 7.09. The molecule has 3 nitrogen and oxygen atoms in total. The summed E-state index contributed by atoms with van der Waals surface area (Å²) < 4.78 is 11.3. The first-order valence-electron chi connectivity index (χ1n) is 6.11. The predicted octanol–water partition coefficient (Wildman–Crippen LogP) is 3.68. The van der Waals surface area contributed by atoms with Crippen LogP contribution in [0.4, 0.5) is 0 Å². The maximum absolute atomic E-state index is 5.75. The van der Waals surface area contributed by atoms with Gasteiger partial charge in [-0.15, -0.1) is 11.3 Å². The van der Waals surface area contributed by atoms with Crippen LogP contribution < -0.4 is 9.47 Å². The molecule has 0 aliphatic heterocycles. The molecule has 96 valence electrons. The zero-order valence-electron chi connectivity index (χ0n) is 10.7. The lowest BCUT2D eigenvalue weighted by molar-refractivity contribution is 0.267. The molecular formula is C14H17NO2S. The third kappa shape index (κ3) is 3.23. The highest BCUT2D eigenvalue weighted by atomic mass is 32.1. The van der Waals surface area contributed by atoms with Crippen molar-refractivity contribution < 1.29 is 9.47 Å². The van der Waals surface area contributed by atoms with Crippen LogP contribution in [-0.2, 0) is 13.0 Å². The molecule has 18 heavy (non-hydrogen) atoms. The Bertz CT molecular complexity index is 496. The average molecular weight is 263 g/mol. The number of aromatic nitrogens is 1. The molecule has 0 atom stereocenters. The van der Waals surface area contributed by atoms with Gasteiger partial charge in [-0.2, -0.15) is 0 Å². The second-order valence-electron chi connectivity index (χ2n) is 3.75. The summed E-state index contributed by atoms with van der Waals surface area (Å²) in [5.74, 6) is 1.55. The number of hydrogen-bond donors (Lipinski definition) is 0. The van der Waals surface area contributed by atoms with E-state index < -0.39 is 0 Å². The number of para-hydroxylation sites is 2. The van der Waals surface area contributed by atoms with E-state index in [0.29, 0.717) is 13.2 Å². The van der Waals surface area contributed by atoms with E-state index in [1.165, 1.54) is 0 Å². The average Bonchev–Trinajstić information content (AvgIpc) is 2.86. The Balaban J connectivity index is 2.01. The van der Waals surface area contributed by atoms with Gasteiger partial charge in [0.05, 0.1) is 17.3 Å². The van der Waals surface area contributed by atoms with Gasteiger partial charge in [-0.3, -0.25) is 0 Å². The van der Waals surface area contributed by atoms with E-state index in [-0.39, 0.29) is 0 Å². The summed E-state index contributed by atoms with van der Waals surface area (Å²) in [5.41, 5.74) is 0.975. The van der Waals surface area contributed by atoms with Crippen molar-refractivity contribution in [2.45, 2.75) is 26.9 Å². The van der Waals surface area contributed by atoms with E-state index in [2.05, 4.69) is 11.9 Å². The van der Waals surface area contributed by atoms with E-state index in [0.717, 1.165) is 28.6 Å². The van der Waals surface area contributed by atoms with Gasteiger partial charge in [-0.1, -0.05) is 19.1 Å². The molecule has 2 aromatic rings. The van der Waals surface area contributed by atoms with Gasteiger partial charge >= 0.3 is 0 Å². The molecule has 0 N–H and O–H groups in total. The number of hydrogen-bond acceptors (Lipinski definition) is 4. The standard InChI is InChI=1S/C14H17NO2S/c1-3-14-15-11(10-18-14)9-17-13-8-6-5-7-12(13)16-4-2/h5-8,10H,3-4,9H2,1-2H3. The van der Waals surface area contributed by atoms with Crippen LogP contribution in [0.5, 0.6) is 11.5 Å². The van der Waals surface area contributed by atoms with Gasteiger partial charge in [0.25, 0.3) is 0 Å². The Morgan fingerprint density at radius 2 is 1.83 bits per heavy atom. The zero-order valence-corrected chi connectivity index (χ0v) is 11.5. The van der Waals surface area contributed by atoms with E-state index in [1.54, 1.807) is 11.3 Å². The van der Waals surface area contributed by atoms with Crippen LogP contribution in [0.2, 0.25) is 0 Å². The van der Waals surface area contributed by atoms with Crippen molar-refractivity contribution >= 4 is 11.3 Å². The van der Waals surface area contributed by atoms with E-state index in [4.69, 9.17) is 9.47 Å². The van der Waals surface area contributed by atoms with Gasteiger partial charge in [0.15, 0.2) is 11.5 Å². The van der Waals surface area contributed by atoms with Crippen LogP contribution in [0, 0.1) is 0 Å². The minimum Gasteiger partial charge on any atom is -0.490 e. The van der Waals surface area contributed by atoms with Crippen molar-refractivity contribution in [1.82, 2.24) is 4.98 Å². The molecule has 0 bridgehead atoms. The molecule has 0 spiro atoms. The first kappa shape index (κ1) is 12.9. The van der Waals surface area contributed by atoms with E-state index in [1.807, 2.05) is 36.6 Å². The van der Waals surface area contributed by atoms with Crippen molar-refractivity contribution in [3.8, 4) is 11.5 Å². The Morgan fingerprint density at radius 3 is 2.44 bits per heavy atom. The molecule has 1 aromatic heterocycles. The molecule has 0 amide bonds. The topological polar surface area (TPSA) is 31.4 Å². The van der Waals surface area contributed by atoms with Crippen molar-refractivity contribution in [2.24, 2.45) is 0 Å². The van der Waals surface area contributed by atoms with Crippen LogP contribution >= 0.6 is 11.3 Å². The number of aryl methyl sites for hydroxylation is 1. The Hall–Kier alpha value is -1.55. The Kier molecular flexibility index (Phi) is 4.59. The SMILES string of the molecule is CCOc1ccccc1OCc1csc(CC)n1. The minimum atomic E-state index is 0.487. The fourth-order valence-electron chi connectivity index (χ4n) is 1.57. The number of rotatable bonds is 6. The molecule has 0 fully saturated rings. The quantitative estimate of drug-likeness (QED) is 0.796. The fourth-order valence-corrected chi connectivity index (χ4v) is 2.30. The maximum atomic E-state index is 5.75. The van der Waals surface area contributed by atoms with Crippen molar-refractivity contribution in [2.75, 3.05) is 6.61 Å². The van der Waals surface area contributed by atoms with Crippen LogP contribution in [0.25, 0.3) is 0 Å². The monoisotopic (exact) mass is 263 g/mol. The summed E-state index contributed by atoms with van der Waals surface area (Å²) in [4.78, 5) is 4.47. The first-order chi connectivity index (χ1) is 8.83. The van der Waals surface area contributed by atoms with E-state index >= 15 is 0 Å². The number of nitrogens with zero attached hydrogens (tertiary/aromatic N) is 1. The summed E-state index contributed by atoms with van der Waals surface area (Å²) in [6, 6.07) is 7.71. The normalized spacial score (nSPS) is 10.3. The van der Waals surface area contributed by atoms with Gasteiger partial charge in [0.2, 0.25) is 0 Å². The summed E-state index contributed by atoms with van der Waals surface area (Å²) >= 11 is 1.68. The Labute approximate surface area is 111 Å². The molecule has 1 heterocycles. The van der Waals surface area contributed by atoms with Crippen LogP contribution in [0.1, 0.15) is 24.5 Å². The molecular weight excluding hydrogens is 246 g/mol. The smallest absolute Gasteiger partial charge is 0.161 e. The lowest BCUT2D eigenvalue weighted by atomic mass is 10.3. The highest BCUT2D eigenvalue weighted by Crippen LogP contribution is 2.27. The summed E-state index contributed by atoms with van der Waals surface area (Å²) in [6.45, 7) is 5.19. The van der Waals surface area contributed by atoms with Gasteiger partial charge < -0.3 is 9.47 Å². The highest BCUT2D eigenvalue weighted by Gasteiger charge is 2.05. The second-order valence-corrected chi connectivity index (χ2v) is 4.70. The van der Waals surface area contributed by atoms with Crippen LogP contribution in [0.15, 0.2) is 29.6 Å². The molecule has 0 aliphatic rings. The second kappa shape index (κ2) is 6.40. The summed E-state index contributed by atoms with van der Waals surface area (Å²) in [6.07, 6.45) is 0.972. The number of ether oxygens (including phenoxy) is 2. The zero-order chi connectivity index (χ0) is 12.8. The third-order valence-corrected chi connectivity index (χ3v) is 3.47. The predicted molar refractivity (Wildman–Crippen MR) is 73.4 cm³/mol. The van der Waals surface area contributed by atoms with Gasteiger partial charge in [-0.25, -0.2) is 4.98 Å². The fraction of sp³-hybridized carbons (Fsp3) is 0.357. The van der Waals surface area contributed by atoms with Crippen LogP contribution in [-0.4, -0.2) is 11.6 Å². The Morgan fingerprint density at radius 1 is 1.11 bits per heavy atom. The third-order valence-electron chi connectivity index (χ3n) is 2.43. The minimum absolute atomic E-state index is 0.487. The lowest BCUT2D eigenvalue weighted by Crippen LogP contribution is -1.99. The maximum Gasteiger partial charge on any atom is 0.161 e. The summed E-state index contributed by atoms with van der Waals surface area (Å²) in [7, 11) is 0. The first-order valence-corrected chi connectivity index (χ1v) is 6.99. The number of benzene rings is 1. The van der Waals surface area contributed by atoms with Crippen molar-refractivity contribution in [3.63, 3.8) is 0 Å². The summed E-state index contributed by atoms with van der Waals surface area (Å²) in [5, 5.41) is 3.19. The van der Waals surface area contributed by atoms with Crippen molar-refractivity contribution in [1.29, 1.82) is 0 Å². The van der Waals surface area contributed by atoms with Gasteiger partial charge in [0.1, 0.15) is 6.61 Å². The van der Waals surface area contributed by atoms with Gasteiger partial charge in [-0.05, 0) is 25.5 Å². The van der Waals surface area contributed by atoms with E-state index in [9.17, 15) is 0 Å². The molecule has 0 aliphatic carbocycles. The van der Waals surface area contributed by atoms with Gasteiger partial charge in [0, 0.05) is 5.38 Å². The number of thiazole rings is 1. The molecule has 0 unspecified atom stereocenters. The molecule has 0 saturated carbocycles.